The summed E-state index contributed by atoms with van der Waals surface area (Å²) in [5.74, 6) is 0. The maximum Gasteiger partial charge on any atom is 0.00797 e. The van der Waals surface area contributed by atoms with E-state index in [-0.39, 0.29) is 0 Å². The van der Waals surface area contributed by atoms with Crippen molar-refractivity contribution in [2.24, 2.45) is 0 Å². The lowest BCUT2D eigenvalue weighted by Crippen LogP contribution is -1.82. The normalized spacial score (nSPS) is 10.9. The lowest BCUT2D eigenvalue weighted by molar-refractivity contribution is 0.542. The van der Waals surface area contributed by atoms with Crippen molar-refractivity contribution in [1.82, 2.24) is 0 Å². The predicted molar refractivity (Wildman–Crippen MR) is 79.0 cm³/mol. The molecule has 0 amide bonds. The van der Waals surface area contributed by atoms with Gasteiger partial charge in [0, 0.05) is 10.2 Å². The quantitative estimate of drug-likeness (QED) is 0.310. The third-order valence-electron chi connectivity index (χ3n) is 3.35. The van der Waals surface area contributed by atoms with E-state index in [1.165, 1.54) is 89.5 Å². The fraction of sp³-hybridized carbons (Fsp3) is 1.00. The zero-order valence-electron chi connectivity index (χ0n) is 11.6. The van der Waals surface area contributed by atoms with E-state index in [0.717, 1.165) is 0 Å². The molecule has 0 heterocycles. The lowest BCUT2D eigenvalue weighted by Gasteiger charge is -2.02. The lowest BCUT2D eigenvalue weighted by atomic mass is 10.1. The molecule has 0 fully saturated rings. The first-order valence-corrected chi connectivity index (χ1v) is 8.71. The molecule has 0 bridgehead atoms. The minimum Gasteiger partial charge on any atom is -0.0654 e. The monoisotopic (exact) mass is 241 g/mol. The summed E-state index contributed by atoms with van der Waals surface area (Å²) in [5, 5.41) is 0. The standard InChI is InChI=1S/C15H33Si/c1-2-3-4-5-6-7-8-9-10-11-12-13-14-15-16/h2-16H2,1H3. The molecule has 0 aliphatic rings. The van der Waals surface area contributed by atoms with Gasteiger partial charge in [0.05, 0.1) is 0 Å². The van der Waals surface area contributed by atoms with E-state index in [1.807, 2.05) is 0 Å². The Bertz CT molecular complexity index is 98.0. The van der Waals surface area contributed by atoms with Gasteiger partial charge in [-0.15, -0.1) is 0 Å². The summed E-state index contributed by atoms with van der Waals surface area (Å²) in [6.07, 6.45) is 19.1. The van der Waals surface area contributed by atoms with Crippen molar-refractivity contribution in [3.05, 3.63) is 0 Å². The first-order chi connectivity index (χ1) is 7.91. The SMILES string of the molecule is CCCCCCCCCCCCCCC[SiH2]. The Morgan fingerprint density at radius 2 is 0.812 bits per heavy atom. The summed E-state index contributed by atoms with van der Waals surface area (Å²) in [5.41, 5.74) is 0. The summed E-state index contributed by atoms with van der Waals surface area (Å²) in [6, 6.07) is 1.40. The van der Waals surface area contributed by atoms with Crippen LogP contribution in [0.2, 0.25) is 6.04 Å². The first kappa shape index (κ1) is 16.2. The highest BCUT2D eigenvalue weighted by Crippen LogP contribution is 2.12. The molecule has 0 N–H and O–H groups in total. The molecule has 0 spiro atoms. The summed E-state index contributed by atoms with van der Waals surface area (Å²) >= 11 is 0. The molecule has 0 aromatic heterocycles. The fourth-order valence-electron chi connectivity index (χ4n) is 2.19. The summed E-state index contributed by atoms with van der Waals surface area (Å²) in [4.78, 5) is 0. The van der Waals surface area contributed by atoms with Crippen LogP contribution in [0.4, 0.5) is 0 Å². The number of unbranched alkanes of at least 4 members (excludes halogenated alkanes) is 12. The number of hydrogen-bond donors (Lipinski definition) is 0. The van der Waals surface area contributed by atoms with E-state index in [1.54, 1.807) is 0 Å². The van der Waals surface area contributed by atoms with Crippen LogP contribution in [0.25, 0.3) is 0 Å². The van der Waals surface area contributed by atoms with Gasteiger partial charge in [0.2, 0.25) is 0 Å². The van der Waals surface area contributed by atoms with Crippen LogP contribution in [-0.4, -0.2) is 10.2 Å². The van der Waals surface area contributed by atoms with Crippen LogP contribution < -0.4 is 0 Å². The highest BCUT2D eigenvalue weighted by atomic mass is 28.1. The van der Waals surface area contributed by atoms with Gasteiger partial charge < -0.3 is 0 Å². The molecule has 0 aliphatic heterocycles. The Labute approximate surface area is 107 Å². The van der Waals surface area contributed by atoms with Crippen LogP contribution in [0, 0.1) is 0 Å². The zero-order valence-corrected chi connectivity index (χ0v) is 13.0. The third kappa shape index (κ3) is 14.2. The van der Waals surface area contributed by atoms with Crippen LogP contribution >= 0.6 is 0 Å². The molecule has 16 heavy (non-hydrogen) atoms. The third-order valence-corrected chi connectivity index (χ3v) is 3.85. The van der Waals surface area contributed by atoms with Crippen LogP contribution in [0.1, 0.15) is 90.4 Å². The van der Waals surface area contributed by atoms with Crippen LogP contribution in [0.15, 0.2) is 0 Å². The van der Waals surface area contributed by atoms with E-state index in [2.05, 4.69) is 17.2 Å². The van der Waals surface area contributed by atoms with Gasteiger partial charge in [-0.2, -0.15) is 0 Å². The molecule has 0 nitrogen and oxygen atoms in total. The first-order valence-electron chi connectivity index (χ1n) is 7.71. The van der Waals surface area contributed by atoms with Crippen molar-refractivity contribution in [2.45, 2.75) is 96.4 Å². The number of hydrogen-bond acceptors (Lipinski definition) is 0. The highest BCUT2D eigenvalue weighted by molar-refractivity contribution is 6.08. The minimum absolute atomic E-state index is 1.37. The van der Waals surface area contributed by atoms with E-state index in [9.17, 15) is 0 Å². The van der Waals surface area contributed by atoms with Gasteiger partial charge in [-0.3, -0.25) is 0 Å². The second-order valence-electron chi connectivity index (χ2n) is 5.10. The van der Waals surface area contributed by atoms with Crippen molar-refractivity contribution in [3.8, 4) is 0 Å². The largest absolute Gasteiger partial charge is 0.0654 e. The Morgan fingerprint density at radius 3 is 1.12 bits per heavy atom. The molecule has 0 unspecified atom stereocenters. The molecule has 0 saturated carbocycles. The topological polar surface area (TPSA) is 0 Å². The molecule has 0 rings (SSSR count). The van der Waals surface area contributed by atoms with Gasteiger partial charge in [0.25, 0.3) is 0 Å². The van der Waals surface area contributed by atoms with Crippen molar-refractivity contribution in [1.29, 1.82) is 0 Å². The Balaban J connectivity index is 2.83. The highest BCUT2D eigenvalue weighted by Gasteiger charge is 1.92. The van der Waals surface area contributed by atoms with Crippen LogP contribution in [0.5, 0.6) is 0 Å². The summed E-state index contributed by atoms with van der Waals surface area (Å²) in [7, 11) is 2.11. The molecule has 1 heteroatoms. The van der Waals surface area contributed by atoms with E-state index >= 15 is 0 Å². The second-order valence-corrected chi connectivity index (χ2v) is 5.80. The van der Waals surface area contributed by atoms with Crippen LogP contribution in [-0.2, 0) is 0 Å². The van der Waals surface area contributed by atoms with Gasteiger partial charge in [0.15, 0.2) is 0 Å². The maximum absolute atomic E-state index is 2.29. The van der Waals surface area contributed by atoms with Crippen molar-refractivity contribution in [2.75, 3.05) is 0 Å². The zero-order chi connectivity index (χ0) is 11.9. The molecule has 0 aromatic rings. The molecular weight excluding hydrogens is 208 g/mol. The van der Waals surface area contributed by atoms with Crippen molar-refractivity contribution >= 4 is 10.2 Å². The van der Waals surface area contributed by atoms with E-state index in [0.29, 0.717) is 0 Å². The Kier molecular flexibility index (Phi) is 15.4. The molecule has 0 atom stereocenters. The summed E-state index contributed by atoms with van der Waals surface area (Å²) < 4.78 is 0. The van der Waals surface area contributed by atoms with Crippen molar-refractivity contribution < 1.29 is 0 Å². The minimum atomic E-state index is 1.37. The maximum atomic E-state index is 2.29. The number of rotatable bonds is 13. The van der Waals surface area contributed by atoms with Gasteiger partial charge in [-0.1, -0.05) is 96.4 Å². The van der Waals surface area contributed by atoms with Gasteiger partial charge in [-0.25, -0.2) is 0 Å². The van der Waals surface area contributed by atoms with E-state index in [4.69, 9.17) is 0 Å². The average Bonchev–Trinajstić information content (AvgIpc) is 2.31. The molecule has 0 saturated heterocycles. The molecular formula is C15H33Si. The van der Waals surface area contributed by atoms with Gasteiger partial charge >= 0.3 is 0 Å². The van der Waals surface area contributed by atoms with E-state index < -0.39 is 0 Å². The predicted octanol–water partition coefficient (Wildman–Crippen LogP) is 5.13. The average molecular weight is 242 g/mol. The molecule has 97 valence electrons. The Morgan fingerprint density at radius 1 is 0.500 bits per heavy atom. The van der Waals surface area contributed by atoms with Gasteiger partial charge in [0.1, 0.15) is 0 Å². The molecule has 1 radical (unpaired) electrons. The Hall–Kier alpha value is 0.217. The second kappa shape index (κ2) is 15.2. The van der Waals surface area contributed by atoms with Gasteiger partial charge in [-0.05, 0) is 0 Å². The summed E-state index contributed by atoms with van der Waals surface area (Å²) in [6.45, 7) is 2.29. The smallest absolute Gasteiger partial charge is 0.00797 e. The molecule has 0 aliphatic carbocycles. The fourth-order valence-corrected chi connectivity index (χ4v) is 2.55. The van der Waals surface area contributed by atoms with Crippen LogP contribution in [0.3, 0.4) is 0 Å². The van der Waals surface area contributed by atoms with Crippen molar-refractivity contribution in [3.63, 3.8) is 0 Å². The molecule has 0 aromatic carbocycles.